The maximum atomic E-state index is 12.9. The fourth-order valence-electron chi connectivity index (χ4n) is 5.32. The van der Waals surface area contributed by atoms with Crippen molar-refractivity contribution >= 4 is 40.6 Å². The number of fused-ring (bicyclic) bond motifs is 1. The highest BCUT2D eigenvalue weighted by molar-refractivity contribution is 6.34. The van der Waals surface area contributed by atoms with Crippen LogP contribution in [0.25, 0.3) is 17.0 Å². The van der Waals surface area contributed by atoms with E-state index >= 15 is 0 Å². The van der Waals surface area contributed by atoms with Gasteiger partial charge < -0.3 is 10.1 Å². The first-order chi connectivity index (χ1) is 22.2. The Labute approximate surface area is 277 Å². The van der Waals surface area contributed by atoms with E-state index in [9.17, 15) is 9.59 Å². The van der Waals surface area contributed by atoms with Crippen LogP contribution in [0.5, 0.6) is 0 Å². The van der Waals surface area contributed by atoms with Crippen molar-refractivity contribution < 1.29 is 14.3 Å². The SMILES string of the molecule is CCCCCCCCCCCCCCOC(=O)Nc1ccc(C(=O)Nc2cccc(-c3nc4c(Cl)c(C(C)(C)C)[nH]n4n3)c2)cc1. The molecule has 3 N–H and O–H groups in total. The number of benzene rings is 2. The second-order valence-electron chi connectivity index (χ2n) is 13.0. The number of rotatable bonds is 17. The van der Waals surface area contributed by atoms with Gasteiger partial charge in [0.2, 0.25) is 0 Å². The quantitative estimate of drug-likeness (QED) is 0.0986. The molecule has 0 unspecified atom stereocenters. The lowest BCUT2D eigenvalue weighted by Gasteiger charge is -2.16. The molecule has 0 fully saturated rings. The molecule has 2 aromatic heterocycles. The second kappa shape index (κ2) is 17.2. The summed E-state index contributed by atoms with van der Waals surface area (Å²) in [6, 6.07) is 14.0. The third kappa shape index (κ3) is 10.3. The van der Waals surface area contributed by atoms with Crippen LogP contribution in [0.1, 0.15) is 121 Å². The smallest absolute Gasteiger partial charge is 0.411 e. The number of amides is 2. The Kier molecular flexibility index (Phi) is 13.1. The van der Waals surface area contributed by atoms with Crippen LogP contribution < -0.4 is 10.6 Å². The summed E-state index contributed by atoms with van der Waals surface area (Å²) in [5, 5.41) is 14.0. The van der Waals surface area contributed by atoms with Crippen molar-refractivity contribution in [3.05, 3.63) is 64.8 Å². The number of unbranched alkanes of at least 4 members (excludes halogenated alkanes) is 11. The van der Waals surface area contributed by atoms with E-state index in [-0.39, 0.29) is 11.3 Å². The molecule has 0 saturated carbocycles. The predicted molar refractivity (Wildman–Crippen MR) is 187 cm³/mol. The van der Waals surface area contributed by atoms with Crippen LogP contribution in [0, 0.1) is 0 Å². The molecule has 2 aromatic carbocycles. The minimum atomic E-state index is -0.488. The van der Waals surface area contributed by atoms with Gasteiger partial charge in [-0.15, -0.1) is 5.10 Å². The summed E-state index contributed by atoms with van der Waals surface area (Å²) in [5.74, 6) is 0.215. The molecule has 2 amide bonds. The number of aromatic amines is 1. The van der Waals surface area contributed by atoms with Gasteiger partial charge in [0, 0.05) is 27.9 Å². The van der Waals surface area contributed by atoms with Gasteiger partial charge in [0.05, 0.1) is 12.3 Å². The van der Waals surface area contributed by atoms with Crippen LogP contribution in [0.3, 0.4) is 0 Å². The predicted octanol–water partition coefficient (Wildman–Crippen LogP) is 10.2. The molecule has 0 aliphatic heterocycles. The standard InChI is InChI=1S/C36H49ClN6O3/c1-5-6-7-8-9-10-11-12-13-14-15-16-24-46-35(45)39-28-22-20-26(21-23-28)34(44)38-29-19-17-18-27(25-29)32-40-33-30(37)31(36(2,3)4)41-43(33)42-32/h17-23,25,41H,5-16,24H2,1-4H3,(H,38,44)(H,39,45). The molecule has 2 heterocycles. The van der Waals surface area contributed by atoms with E-state index in [1.807, 2.05) is 18.2 Å². The summed E-state index contributed by atoms with van der Waals surface area (Å²) < 4.78 is 6.91. The van der Waals surface area contributed by atoms with Gasteiger partial charge in [0.1, 0.15) is 5.02 Å². The van der Waals surface area contributed by atoms with Crippen LogP contribution in [0.15, 0.2) is 48.5 Å². The van der Waals surface area contributed by atoms with Crippen molar-refractivity contribution in [2.75, 3.05) is 17.2 Å². The molecule has 10 heteroatoms. The first kappa shape index (κ1) is 35.0. The van der Waals surface area contributed by atoms with E-state index in [0.717, 1.165) is 24.1 Å². The summed E-state index contributed by atoms with van der Waals surface area (Å²) in [4.78, 5) is 29.8. The van der Waals surface area contributed by atoms with E-state index in [4.69, 9.17) is 16.3 Å². The fraction of sp³-hybridized carbons (Fsp3) is 0.500. The molecule has 0 saturated heterocycles. The Hall–Kier alpha value is -3.85. The average Bonchev–Trinajstić information content (AvgIpc) is 3.59. The molecule has 4 rings (SSSR count). The van der Waals surface area contributed by atoms with E-state index in [1.165, 1.54) is 64.2 Å². The van der Waals surface area contributed by atoms with Gasteiger partial charge in [-0.2, -0.15) is 4.63 Å². The number of ether oxygens (including phenoxy) is 1. The highest BCUT2D eigenvalue weighted by Gasteiger charge is 2.24. The van der Waals surface area contributed by atoms with E-state index in [2.05, 4.69) is 53.5 Å². The Morgan fingerprint density at radius 2 is 1.48 bits per heavy atom. The Morgan fingerprint density at radius 1 is 0.848 bits per heavy atom. The van der Waals surface area contributed by atoms with Crippen LogP contribution in [0.2, 0.25) is 5.02 Å². The first-order valence-corrected chi connectivity index (χ1v) is 17.1. The zero-order valence-corrected chi connectivity index (χ0v) is 28.5. The molecule has 0 atom stereocenters. The van der Waals surface area contributed by atoms with Gasteiger partial charge in [0.25, 0.3) is 5.91 Å². The van der Waals surface area contributed by atoms with Crippen LogP contribution in [-0.2, 0) is 10.2 Å². The highest BCUT2D eigenvalue weighted by Crippen LogP contribution is 2.32. The van der Waals surface area contributed by atoms with Crippen molar-refractivity contribution in [1.29, 1.82) is 0 Å². The molecular weight excluding hydrogens is 600 g/mol. The van der Waals surface area contributed by atoms with Crippen molar-refractivity contribution in [2.24, 2.45) is 0 Å². The molecule has 0 radical (unpaired) electrons. The number of hydrogen-bond acceptors (Lipinski definition) is 5. The lowest BCUT2D eigenvalue weighted by molar-refractivity contribution is 0.102. The molecular formula is C36H49ClN6O3. The molecule has 0 spiro atoms. The Bertz CT molecular complexity index is 1550. The molecule has 9 nitrogen and oxygen atoms in total. The average molecular weight is 649 g/mol. The number of H-pyrrole nitrogens is 1. The molecule has 0 aliphatic carbocycles. The van der Waals surface area contributed by atoms with Gasteiger partial charge in [-0.05, 0) is 42.8 Å². The van der Waals surface area contributed by atoms with Crippen molar-refractivity contribution in [2.45, 2.75) is 110 Å². The maximum absolute atomic E-state index is 12.9. The van der Waals surface area contributed by atoms with E-state index in [1.54, 1.807) is 35.0 Å². The maximum Gasteiger partial charge on any atom is 0.411 e. The number of aromatic nitrogens is 4. The van der Waals surface area contributed by atoms with E-state index in [0.29, 0.717) is 40.0 Å². The molecule has 0 bridgehead atoms. The van der Waals surface area contributed by atoms with Gasteiger partial charge in [-0.25, -0.2) is 9.78 Å². The number of nitrogens with one attached hydrogen (secondary N) is 3. The minimum Gasteiger partial charge on any atom is -0.449 e. The monoisotopic (exact) mass is 648 g/mol. The summed E-state index contributed by atoms with van der Waals surface area (Å²) in [6.07, 6.45) is 14.6. The number of halogens is 1. The van der Waals surface area contributed by atoms with Gasteiger partial charge in [0.15, 0.2) is 11.5 Å². The topological polar surface area (TPSA) is 113 Å². The molecule has 46 heavy (non-hydrogen) atoms. The fourth-order valence-corrected chi connectivity index (χ4v) is 5.77. The largest absolute Gasteiger partial charge is 0.449 e. The number of anilines is 2. The van der Waals surface area contributed by atoms with Crippen LogP contribution in [-0.4, -0.2) is 38.4 Å². The zero-order valence-electron chi connectivity index (χ0n) is 27.8. The lowest BCUT2D eigenvalue weighted by Crippen LogP contribution is -2.15. The van der Waals surface area contributed by atoms with Crippen molar-refractivity contribution in [3.8, 4) is 11.4 Å². The van der Waals surface area contributed by atoms with Gasteiger partial charge in [-0.1, -0.05) is 122 Å². The first-order valence-electron chi connectivity index (χ1n) is 16.8. The summed E-state index contributed by atoms with van der Waals surface area (Å²) in [5.41, 5.74) is 3.61. The Morgan fingerprint density at radius 3 is 2.09 bits per heavy atom. The number of carbonyl (C=O) groups excluding carboxylic acids is 2. The van der Waals surface area contributed by atoms with Crippen LogP contribution >= 0.6 is 11.6 Å². The third-order valence-corrected chi connectivity index (χ3v) is 8.35. The van der Waals surface area contributed by atoms with Crippen molar-refractivity contribution in [1.82, 2.24) is 19.8 Å². The second-order valence-corrected chi connectivity index (χ2v) is 13.4. The summed E-state index contributed by atoms with van der Waals surface area (Å²) >= 11 is 6.58. The van der Waals surface area contributed by atoms with Gasteiger partial charge >= 0.3 is 6.09 Å². The lowest BCUT2D eigenvalue weighted by atomic mass is 9.92. The minimum absolute atomic E-state index is 0.173. The normalized spacial score (nSPS) is 11.6. The summed E-state index contributed by atoms with van der Waals surface area (Å²) in [6.45, 7) is 8.85. The number of carbonyl (C=O) groups is 2. The zero-order chi connectivity index (χ0) is 32.9. The highest BCUT2D eigenvalue weighted by atomic mass is 35.5. The molecule has 0 aliphatic rings. The molecule has 4 aromatic rings. The Balaban J connectivity index is 1.16. The third-order valence-electron chi connectivity index (χ3n) is 7.99. The van der Waals surface area contributed by atoms with E-state index < -0.39 is 6.09 Å². The number of nitrogens with zero attached hydrogens (tertiary/aromatic N) is 3. The summed E-state index contributed by atoms with van der Waals surface area (Å²) in [7, 11) is 0. The van der Waals surface area contributed by atoms with Gasteiger partial charge in [-0.3, -0.25) is 15.2 Å². The van der Waals surface area contributed by atoms with Crippen LogP contribution in [0.4, 0.5) is 16.2 Å². The molecule has 248 valence electrons. The number of hydrogen-bond donors (Lipinski definition) is 3. The van der Waals surface area contributed by atoms with Crippen molar-refractivity contribution in [3.63, 3.8) is 0 Å².